The number of carboxylic acids is 1. The number of aliphatic carboxylic acids is 1. The maximum Gasteiger partial charge on any atom is 0.341 e. The van der Waals surface area contributed by atoms with Gasteiger partial charge in [0.15, 0.2) is 12.4 Å². The van der Waals surface area contributed by atoms with Crippen molar-refractivity contribution in [2.24, 2.45) is 0 Å². The molecule has 0 fully saturated rings. The zero-order valence-corrected chi connectivity index (χ0v) is 15.2. The van der Waals surface area contributed by atoms with E-state index in [0.29, 0.717) is 24.1 Å². The van der Waals surface area contributed by atoms with Crippen LogP contribution in [0.5, 0.6) is 11.5 Å². The number of phenols is 1. The summed E-state index contributed by atoms with van der Waals surface area (Å²) in [5, 5.41) is 42.6. The fourth-order valence-electron chi connectivity index (χ4n) is 2.64. The Morgan fingerprint density at radius 2 is 1.93 bits per heavy atom. The molecule has 2 atom stereocenters. The lowest BCUT2D eigenvalue weighted by Crippen LogP contribution is -2.33. The molecule has 0 saturated carbocycles. The maximum atomic E-state index is 11.2. The van der Waals surface area contributed by atoms with Crippen LogP contribution in [0.3, 0.4) is 0 Å². The number of aliphatic hydroxyl groups is 1. The Hall–Kier alpha value is -3.17. The second-order valence-electron chi connectivity index (χ2n) is 6.27. The molecule has 2 aromatic carbocycles. The number of nitrogens with one attached hydrogen (secondary N) is 1. The van der Waals surface area contributed by atoms with E-state index in [1.54, 1.807) is 18.2 Å². The van der Waals surface area contributed by atoms with Gasteiger partial charge in [0.05, 0.1) is 11.0 Å². The van der Waals surface area contributed by atoms with Crippen LogP contribution in [0.4, 0.5) is 5.69 Å². The summed E-state index contributed by atoms with van der Waals surface area (Å²) in [6.07, 6.45) is -0.311. The third-order valence-electron chi connectivity index (χ3n) is 4.16. The molecule has 28 heavy (non-hydrogen) atoms. The number of ether oxygens (including phenoxy) is 1. The van der Waals surface area contributed by atoms with Crippen LogP contribution in [0.15, 0.2) is 42.5 Å². The number of carboxylic acid groups (broad SMARTS) is 1. The first-order valence-corrected chi connectivity index (χ1v) is 8.60. The molecule has 150 valence electrons. The van der Waals surface area contributed by atoms with Gasteiger partial charge in [-0.05, 0) is 49.2 Å². The standard InChI is InChI=1S/C19H22N2O7/c1-12(19(25)14-3-5-15(22)6-4-14)20-9-8-13-2-7-17(28-11-18(23)24)16(10-13)21(26)27/h2-7,10,12,19-20,22,25H,8-9,11H2,1H3,(H,23,24)/t12-,19-/m0/s1. The van der Waals surface area contributed by atoms with Gasteiger partial charge in [0.2, 0.25) is 0 Å². The summed E-state index contributed by atoms with van der Waals surface area (Å²) in [7, 11) is 0. The first-order valence-electron chi connectivity index (χ1n) is 8.60. The SMILES string of the molecule is C[C@H](NCCc1ccc(OCC(=O)O)c([N+](=O)[O-])c1)[C@H](O)c1ccc(O)cc1. The molecular weight excluding hydrogens is 368 g/mol. The number of aliphatic hydroxyl groups excluding tert-OH is 1. The lowest BCUT2D eigenvalue weighted by Gasteiger charge is -2.20. The Morgan fingerprint density at radius 3 is 2.54 bits per heavy atom. The van der Waals surface area contributed by atoms with Crippen molar-refractivity contribution in [2.75, 3.05) is 13.2 Å². The van der Waals surface area contributed by atoms with Gasteiger partial charge in [-0.25, -0.2) is 4.79 Å². The van der Waals surface area contributed by atoms with E-state index in [1.165, 1.54) is 24.3 Å². The molecule has 0 unspecified atom stereocenters. The first-order chi connectivity index (χ1) is 13.3. The van der Waals surface area contributed by atoms with E-state index in [1.807, 2.05) is 6.92 Å². The fraction of sp³-hybridized carbons (Fsp3) is 0.316. The smallest absolute Gasteiger partial charge is 0.341 e. The van der Waals surface area contributed by atoms with Crippen LogP contribution in [-0.2, 0) is 11.2 Å². The van der Waals surface area contributed by atoms with Crippen LogP contribution in [-0.4, -0.2) is 45.4 Å². The molecule has 0 radical (unpaired) electrons. The zero-order chi connectivity index (χ0) is 20.7. The third kappa shape index (κ3) is 5.93. The molecule has 0 aliphatic carbocycles. The van der Waals surface area contributed by atoms with Gasteiger partial charge < -0.3 is 25.4 Å². The Labute approximate surface area is 161 Å². The number of phenolic OH excluding ortho intramolecular Hbond substituents is 1. The predicted octanol–water partition coefficient (Wildman–Crippen LogP) is 2.02. The van der Waals surface area contributed by atoms with E-state index in [0.717, 1.165) is 0 Å². The van der Waals surface area contributed by atoms with Crippen LogP contribution >= 0.6 is 0 Å². The normalized spacial score (nSPS) is 12.9. The van der Waals surface area contributed by atoms with Gasteiger partial charge in [-0.1, -0.05) is 18.2 Å². The van der Waals surface area contributed by atoms with Crippen molar-refractivity contribution in [1.29, 1.82) is 0 Å². The number of rotatable bonds is 10. The highest BCUT2D eigenvalue weighted by Gasteiger charge is 2.18. The van der Waals surface area contributed by atoms with Crippen LogP contribution in [0, 0.1) is 10.1 Å². The Bertz CT molecular complexity index is 824. The average molecular weight is 390 g/mol. The highest BCUT2D eigenvalue weighted by atomic mass is 16.6. The molecule has 0 aromatic heterocycles. The molecular formula is C19H22N2O7. The van der Waals surface area contributed by atoms with Crippen molar-refractivity contribution >= 4 is 11.7 Å². The number of aromatic hydroxyl groups is 1. The Morgan fingerprint density at radius 1 is 1.25 bits per heavy atom. The monoisotopic (exact) mass is 390 g/mol. The molecule has 0 aliphatic rings. The van der Waals surface area contributed by atoms with Crippen molar-refractivity contribution in [2.45, 2.75) is 25.5 Å². The minimum Gasteiger partial charge on any atom is -0.508 e. The minimum absolute atomic E-state index is 0.0970. The lowest BCUT2D eigenvalue weighted by molar-refractivity contribution is -0.385. The largest absolute Gasteiger partial charge is 0.508 e. The molecule has 0 amide bonds. The van der Waals surface area contributed by atoms with E-state index in [9.17, 15) is 25.1 Å². The second-order valence-corrected chi connectivity index (χ2v) is 6.27. The van der Waals surface area contributed by atoms with Crippen molar-refractivity contribution in [1.82, 2.24) is 5.32 Å². The van der Waals surface area contributed by atoms with Crippen LogP contribution in [0.1, 0.15) is 24.2 Å². The number of carbonyl (C=O) groups is 1. The quantitative estimate of drug-likeness (QED) is 0.356. The summed E-state index contributed by atoms with van der Waals surface area (Å²) in [5.41, 5.74) is 1.04. The zero-order valence-electron chi connectivity index (χ0n) is 15.2. The van der Waals surface area contributed by atoms with Gasteiger partial charge in [-0.2, -0.15) is 0 Å². The molecule has 0 bridgehead atoms. The number of hydrogen-bond donors (Lipinski definition) is 4. The van der Waals surface area contributed by atoms with Gasteiger partial charge in [-0.15, -0.1) is 0 Å². The summed E-state index contributed by atoms with van der Waals surface area (Å²) in [6.45, 7) is 1.61. The number of nitro benzene ring substituents is 1. The highest BCUT2D eigenvalue weighted by molar-refractivity contribution is 5.68. The number of nitrogens with zero attached hydrogens (tertiary/aromatic N) is 1. The maximum absolute atomic E-state index is 11.2. The minimum atomic E-state index is -1.22. The Balaban J connectivity index is 1.94. The molecule has 9 heteroatoms. The fourth-order valence-corrected chi connectivity index (χ4v) is 2.64. The summed E-state index contributed by atoms with van der Waals surface area (Å²) >= 11 is 0. The van der Waals surface area contributed by atoms with Gasteiger partial charge >= 0.3 is 11.7 Å². The first kappa shape index (κ1) is 21.1. The van der Waals surface area contributed by atoms with Gasteiger partial charge in [-0.3, -0.25) is 10.1 Å². The van der Waals surface area contributed by atoms with E-state index in [2.05, 4.69) is 5.32 Å². The van der Waals surface area contributed by atoms with Gasteiger partial charge in [0.1, 0.15) is 5.75 Å². The van der Waals surface area contributed by atoms with E-state index >= 15 is 0 Å². The predicted molar refractivity (Wildman–Crippen MR) is 100 cm³/mol. The third-order valence-corrected chi connectivity index (χ3v) is 4.16. The molecule has 4 N–H and O–H groups in total. The Kier molecular flexibility index (Phi) is 7.30. The van der Waals surface area contributed by atoms with E-state index in [4.69, 9.17) is 9.84 Å². The van der Waals surface area contributed by atoms with Crippen molar-refractivity contribution in [3.63, 3.8) is 0 Å². The van der Waals surface area contributed by atoms with Gasteiger partial charge in [0.25, 0.3) is 0 Å². The lowest BCUT2D eigenvalue weighted by atomic mass is 10.0. The average Bonchev–Trinajstić information content (AvgIpc) is 2.66. The van der Waals surface area contributed by atoms with Crippen LogP contribution in [0.25, 0.3) is 0 Å². The highest BCUT2D eigenvalue weighted by Crippen LogP contribution is 2.28. The molecule has 2 aromatic rings. The number of nitro groups is 1. The van der Waals surface area contributed by atoms with E-state index < -0.39 is 23.6 Å². The topological polar surface area (TPSA) is 142 Å². The molecule has 0 saturated heterocycles. The van der Waals surface area contributed by atoms with Crippen LogP contribution in [0.2, 0.25) is 0 Å². The summed E-state index contributed by atoms with van der Waals surface area (Å²) in [5.74, 6) is -1.20. The van der Waals surface area contributed by atoms with Crippen molar-refractivity contribution < 1.29 is 29.8 Å². The van der Waals surface area contributed by atoms with Crippen LogP contribution < -0.4 is 10.1 Å². The second kappa shape index (κ2) is 9.67. The molecule has 0 heterocycles. The molecule has 2 rings (SSSR count). The van der Waals surface area contributed by atoms with Crippen molar-refractivity contribution in [3.8, 4) is 11.5 Å². The molecule has 0 spiro atoms. The number of hydrogen-bond acceptors (Lipinski definition) is 7. The molecule has 0 aliphatic heterocycles. The summed E-state index contributed by atoms with van der Waals surface area (Å²) in [6, 6.07) is 10.3. The number of benzene rings is 2. The van der Waals surface area contributed by atoms with E-state index in [-0.39, 0.29) is 23.2 Å². The summed E-state index contributed by atoms with van der Waals surface area (Å²) in [4.78, 5) is 21.1. The van der Waals surface area contributed by atoms with Gasteiger partial charge in [0, 0.05) is 12.1 Å². The van der Waals surface area contributed by atoms with Crippen molar-refractivity contribution in [3.05, 3.63) is 63.7 Å². The summed E-state index contributed by atoms with van der Waals surface area (Å²) < 4.78 is 4.94. The molecule has 9 nitrogen and oxygen atoms in total.